The predicted octanol–water partition coefficient (Wildman–Crippen LogP) is 4.64. The van der Waals surface area contributed by atoms with Crippen LogP contribution >= 0.6 is 22.9 Å². The monoisotopic (exact) mass is 222 g/mol. The van der Waals surface area contributed by atoms with Gasteiger partial charge in [-0.25, -0.2) is 0 Å². The highest BCUT2D eigenvalue weighted by Crippen LogP contribution is 2.00. The van der Waals surface area contributed by atoms with E-state index in [2.05, 4.69) is 0 Å². The maximum Gasteiger partial charge on any atom is 0.00484 e. The van der Waals surface area contributed by atoms with E-state index in [-0.39, 0.29) is 0 Å². The molecule has 14 heavy (non-hydrogen) atoms. The first-order valence-corrected chi connectivity index (χ1v) is 5.60. The minimum absolute atomic E-state index is 1.13. The molecule has 2 rings (SSSR count). The minimum atomic E-state index is 1.13. The van der Waals surface area contributed by atoms with E-state index in [1.165, 1.54) is 5.54 Å². The van der Waals surface area contributed by atoms with Crippen LogP contribution in [0.4, 0.5) is 0 Å². The van der Waals surface area contributed by atoms with Gasteiger partial charge < -0.3 is 0 Å². The van der Waals surface area contributed by atoms with Gasteiger partial charge in [-0.05, 0) is 22.4 Å². The maximum atomic E-state index is 5.36. The van der Waals surface area contributed by atoms with Crippen LogP contribution in [0.1, 0.15) is 5.56 Å². The molecule has 0 fully saturated rings. The van der Waals surface area contributed by atoms with E-state index in [1.807, 2.05) is 59.3 Å². The summed E-state index contributed by atoms with van der Waals surface area (Å²) in [7, 11) is 0. The van der Waals surface area contributed by atoms with Gasteiger partial charge in [0.2, 0.25) is 0 Å². The standard InChI is InChI=1S/C8H7Cl.C4H4S/c9-7-6-8-4-2-1-3-5-8;1-2-4-5-3-1/h1-7H;1-4H. The Morgan fingerprint density at radius 1 is 0.929 bits per heavy atom. The summed E-state index contributed by atoms with van der Waals surface area (Å²) in [6.07, 6.45) is 1.85. The molecule has 0 aliphatic carbocycles. The lowest BCUT2D eigenvalue weighted by molar-refractivity contribution is 1.66. The smallest absolute Gasteiger partial charge is 0.00484 e. The fourth-order valence-corrected chi connectivity index (χ4v) is 1.46. The first-order chi connectivity index (χ1) is 6.93. The van der Waals surface area contributed by atoms with Gasteiger partial charge >= 0.3 is 0 Å². The first kappa shape index (κ1) is 11.0. The van der Waals surface area contributed by atoms with Crippen molar-refractivity contribution in [2.45, 2.75) is 0 Å². The fourth-order valence-electron chi connectivity index (χ4n) is 0.864. The average molecular weight is 223 g/mol. The van der Waals surface area contributed by atoms with E-state index < -0.39 is 0 Å². The van der Waals surface area contributed by atoms with Crippen molar-refractivity contribution < 1.29 is 0 Å². The zero-order valence-corrected chi connectivity index (χ0v) is 9.21. The molecule has 0 nitrogen and oxygen atoms in total. The molecule has 0 unspecified atom stereocenters. The second kappa shape index (κ2) is 7.36. The molecule has 1 heterocycles. The van der Waals surface area contributed by atoms with Gasteiger partial charge in [0.1, 0.15) is 0 Å². The van der Waals surface area contributed by atoms with Gasteiger partial charge in [0.05, 0.1) is 0 Å². The zero-order valence-electron chi connectivity index (χ0n) is 7.64. The second-order valence-electron chi connectivity index (χ2n) is 2.50. The third-order valence-electron chi connectivity index (χ3n) is 1.48. The van der Waals surface area contributed by atoms with Gasteiger partial charge in [-0.3, -0.25) is 0 Å². The highest BCUT2D eigenvalue weighted by Gasteiger charge is 1.78. The van der Waals surface area contributed by atoms with Crippen molar-refractivity contribution in [3.63, 3.8) is 0 Å². The van der Waals surface area contributed by atoms with Crippen molar-refractivity contribution in [1.29, 1.82) is 0 Å². The van der Waals surface area contributed by atoms with Gasteiger partial charge in [-0.1, -0.05) is 54.1 Å². The minimum Gasteiger partial charge on any atom is -0.152 e. The van der Waals surface area contributed by atoms with Crippen molar-refractivity contribution in [3.05, 3.63) is 64.3 Å². The molecule has 0 aliphatic heterocycles. The molecule has 2 aromatic rings. The van der Waals surface area contributed by atoms with Crippen molar-refractivity contribution in [3.8, 4) is 0 Å². The third kappa shape index (κ3) is 4.85. The number of hydrogen-bond donors (Lipinski definition) is 0. The topological polar surface area (TPSA) is 0 Å². The lowest BCUT2D eigenvalue weighted by atomic mass is 10.2. The summed E-state index contributed by atoms with van der Waals surface area (Å²) in [5.41, 5.74) is 2.64. The van der Waals surface area contributed by atoms with Gasteiger partial charge in [-0.2, -0.15) is 11.3 Å². The largest absolute Gasteiger partial charge is 0.152 e. The zero-order chi connectivity index (χ0) is 10.1. The van der Waals surface area contributed by atoms with E-state index in [9.17, 15) is 0 Å². The van der Waals surface area contributed by atoms with Gasteiger partial charge in [0.15, 0.2) is 0 Å². The SMILES string of the molecule is ClC=Cc1ccccc1.c1ccsc1. The molecular formula is C12H11ClS. The molecule has 0 spiro atoms. The molecule has 1 aromatic heterocycles. The molecule has 1 aromatic carbocycles. The molecule has 0 N–H and O–H groups in total. The summed E-state index contributed by atoms with van der Waals surface area (Å²) >= 11 is 7.07. The van der Waals surface area contributed by atoms with Gasteiger partial charge in [-0.15, -0.1) is 0 Å². The molecule has 0 saturated carbocycles. The quantitative estimate of drug-likeness (QED) is 0.659. The summed E-state index contributed by atoms with van der Waals surface area (Å²) in [6, 6.07) is 14.0. The summed E-state index contributed by atoms with van der Waals surface area (Å²) < 4.78 is 0. The maximum absolute atomic E-state index is 5.36. The van der Waals surface area contributed by atoms with Crippen molar-refractivity contribution >= 4 is 29.0 Å². The Balaban J connectivity index is 0.000000165. The predicted molar refractivity (Wildman–Crippen MR) is 65.6 cm³/mol. The Morgan fingerprint density at radius 3 is 2.00 bits per heavy atom. The Hall–Kier alpha value is -1.05. The van der Waals surface area contributed by atoms with E-state index in [0.29, 0.717) is 0 Å². The Bertz CT molecular complexity index is 321. The van der Waals surface area contributed by atoms with Gasteiger partial charge in [0, 0.05) is 5.54 Å². The normalized spacial score (nSPS) is 9.50. The van der Waals surface area contributed by atoms with E-state index in [4.69, 9.17) is 11.6 Å². The lowest BCUT2D eigenvalue weighted by Gasteiger charge is -1.86. The molecule has 0 bridgehead atoms. The molecular weight excluding hydrogens is 212 g/mol. The van der Waals surface area contributed by atoms with Crippen LogP contribution in [0.2, 0.25) is 0 Å². The summed E-state index contributed by atoms with van der Waals surface area (Å²) in [6.45, 7) is 0. The van der Waals surface area contributed by atoms with Crippen LogP contribution in [0.15, 0.2) is 58.8 Å². The van der Waals surface area contributed by atoms with E-state index in [1.54, 1.807) is 11.3 Å². The van der Waals surface area contributed by atoms with Crippen LogP contribution in [0.3, 0.4) is 0 Å². The van der Waals surface area contributed by atoms with E-state index in [0.717, 1.165) is 5.56 Å². The molecule has 2 heteroatoms. The molecule has 0 aliphatic rings. The number of halogens is 1. The molecule has 0 atom stereocenters. The Labute approximate surface area is 93.5 Å². The summed E-state index contributed by atoms with van der Waals surface area (Å²) in [4.78, 5) is 0. The fraction of sp³-hybridized carbons (Fsp3) is 0. The van der Waals surface area contributed by atoms with Crippen LogP contribution in [0.5, 0.6) is 0 Å². The first-order valence-electron chi connectivity index (χ1n) is 4.22. The molecule has 0 saturated heterocycles. The molecule has 0 amide bonds. The van der Waals surface area contributed by atoms with Crippen LogP contribution in [-0.4, -0.2) is 0 Å². The Morgan fingerprint density at radius 2 is 1.57 bits per heavy atom. The Kier molecular flexibility index (Phi) is 5.80. The summed E-state index contributed by atoms with van der Waals surface area (Å²) in [5, 5.41) is 4.08. The van der Waals surface area contributed by atoms with Crippen LogP contribution in [0.25, 0.3) is 6.08 Å². The van der Waals surface area contributed by atoms with Crippen molar-refractivity contribution in [2.24, 2.45) is 0 Å². The third-order valence-corrected chi connectivity index (χ3v) is 2.23. The highest BCUT2D eigenvalue weighted by atomic mass is 35.5. The summed E-state index contributed by atoms with van der Waals surface area (Å²) in [5.74, 6) is 0. The number of hydrogen-bond acceptors (Lipinski definition) is 1. The van der Waals surface area contributed by atoms with Crippen molar-refractivity contribution in [1.82, 2.24) is 0 Å². The van der Waals surface area contributed by atoms with Crippen LogP contribution < -0.4 is 0 Å². The van der Waals surface area contributed by atoms with Crippen LogP contribution in [-0.2, 0) is 0 Å². The second-order valence-corrected chi connectivity index (χ2v) is 3.56. The highest BCUT2D eigenvalue weighted by molar-refractivity contribution is 7.07. The average Bonchev–Trinajstić information content (AvgIpc) is 2.78. The molecule has 0 radical (unpaired) electrons. The van der Waals surface area contributed by atoms with Crippen molar-refractivity contribution in [2.75, 3.05) is 0 Å². The number of benzene rings is 1. The number of thiophene rings is 1. The molecule has 72 valence electrons. The van der Waals surface area contributed by atoms with Crippen LogP contribution in [0, 0.1) is 0 Å². The number of rotatable bonds is 1. The van der Waals surface area contributed by atoms with Gasteiger partial charge in [0.25, 0.3) is 0 Å². The van der Waals surface area contributed by atoms with E-state index >= 15 is 0 Å². The lowest BCUT2D eigenvalue weighted by Crippen LogP contribution is -1.64.